The van der Waals surface area contributed by atoms with Gasteiger partial charge in [-0.05, 0) is 32.4 Å². The normalized spacial score (nSPS) is 12.3. The summed E-state index contributed by atoms with van der Waals surface area (Å²) in [7, 11) is 1.38. The first kappa shape index (κ1) is 20.5. The predicted octanol–water partition coefficient (Wildman–Crippen LogP) is 2.82. The lowest BCUT2D eigenvalue weighted by molar-refractivity contribution is -0.140. The fourth-order valence-corrected chi connectivity index (χ4v) is 3.16. The first-order valence-corrected chi connectivity index (χ1v) is 9.30. The van der Waals surface area contributed by atoms with Crippen LogP contribution in [0, 0.1) is 6.92 Å². The van der Waals surface area contributed by atoms with Gasteiger partial charge in [-0.2, -0.15) is 5.10 Å². The maximum Gasteiger partial charge on any atom is 0.328 e. The van der Waals surface area contributed by atoms with Crippen molar-refractivity contribution >= 4 is 22.9 Å². The van der Waals surface area contributed by atoms with Crippen LogP contribution < -0.4 is 5.32 Å². The number of carbonyl (C=O) groups is 2. The number of methoxy groups -OCH3 is 1. The number of carboxylic acid groups (broad SMARTS) is 1. The lowest BCUT2D eigenvalue weighted by atomic mass is 10.0. The molecule has 3 rings (SSSR count). The van der Waals surface area contributed by atoms with E-state index in [-0.39, 0.29) is 12.6 Å². The Morgan fingerprint density at radius 3 is 2.62 bits per heavy atom. The lowest BCUT2D eigenvalue weighted by Gasteiger charge is -2.15. The Morgan fingerprint density at radius 1 is 1.28 bits per heavy atom. The van der Waals surface area contributed by atoms with Crippen LogP contribution in [0.2, 0.25) is 0 Å². The highest BCUT2D eigenvalue weighted by molar-refractivity contribution is 6.07. The minimum absolute atomic E-state index is 0.0447. The van der Waals surface area contributed by atoms with Crippen LogP contribution >= 0.6 is 0 Å². The number of rotatable bonds is 7. The number of nitrogens with zero attached hydrogens (tertiary/aromatic N) is 3. The molecule has 8 heteroatoms. The number of pyridine rings is 1. The Bertz CT molecular complexity index is 1060. The van der Waals surface area contributed by atoms with Gasteiger partial charge in [0.15, 0.2) is 11.7 Å². The molecule has 0 aliphatic heterocycles. The molecule has 0 radical (unpaired) electrons. The summed E-state index contributed by atoms with van der Waals surface area (Å²) in [6, 6.07) is 8.32. The number of amides is 1. The molecule has 1 amide bonds. The van der Waals surface area contributed by atoms with E-state index < -0.39 is 17.9 Å². The molecule has 1 atom stereocenters. The molecule has 1 aromatic carbocycles. The molecule has 2 heterocycles. The van der Waals surface area contributed by atoms with E-state index in [0.717, 1.165) is 11.1 Å². The van der Waals surface area contributed by atoms with E-state index >= 15 is 0 Å². The topological polar surface area (TPSA) is 106 Å². The number of nitrogens with one attached hydrogen (secondary N) is 1. The Morgan fingerprint density at radius 2 is 2.00 bits per heavy atom. The quantitative estimate of drug-likeness (QED) is 0.636. The number of aliphatic carboxylic acids is 1. The fourth-order valence-electron chi connectivity index (χ4n) is 3.16. The van der Waals surface area contributed by atoms with Gasteiger partial charge in [-0.3, -0.25) is 4.79 Å². The van der Waals surface area contributed by atoms with E-state index in [9.17, 15) is 14.7 Å². The summed E-state index contributed by atoms with van der Waals surface area (Å²) in [5, 5.41) is 16.8. The van der Waals surface area contributed by atoms with Crippen LogP contribution in [0.3, 0.4) is 0 Å². The Kier molecular flexibility index (Phi) is 5.93. The lowest BCUT2D eigenvalue weighted by Crippen LogP contribution is -2.43. The molecular weight excluding hydrogens is 372 g/mol. The predicted molar refractivity (Wildman–Crippen MR) is 109 cm³/mol. The number of benzene rings is 1. The summed E-state index contributed by atoms with van der Waals surface area (Å²) >= 11 is 0. The van der Waals surface area contributed by atoms with Gasteiger partial charge in [-0.15, -0.1) is 0 Å². The second-order valence-corrected chi connectivity index (χ2v) is 7.11. The van der Waals surface area contributed by atoms with Crippen LogP contribution in [-0.4, -0.2) is 51.5 Å². The zero-order valence-corrected chi connectivity index (χ0v) is 16.8. The molecule has 0 spiro atoms. The van der Waals surface area contributed by atoms with Crippen molar-refractivity contribution in [3.8, 4) is 11.3 Å². The van der Waals surface area contributed by atoms with Crippen LogP contribution in [0.1, 0.15) is 35.8 Å². The zero-order chi connectivity index (χ0) is 21.1. The maximum atomic E-state index is 13.0. The highest BCUT2D eigenvalue weighted by Crippen LogP contribution is 2.28. The van der Waals surface area contributed by atoms with Crippen molar-refractivity contribution in [2.24, 2.45) is 0 Å². The number of aryl methyl sites for hydroxylation is 1. The molecule has 0 saturated heterocycles. The second kappa shape index (κ2) is 8.40. The average Bonchev–Trinajstić information content (AvgIpc) is 3.11. The van der Waals surface area contributed by atoms with Crippen molar-refractivity contribution in [2.75, 3.05) is 13.7 Å². The second-order valence-electron chi connectivity index (χ2n) is 7.11. The van der Waals surface area contributed by atoms with Gasteiger partial charge < -0.3 is 15.2 Å². The third-order valence-electron chi connectivity index (χ3n) is 4.66. The van der Waals surface area contributed by atoms with Gasteiger partial charge >= 0.3 is 5.97 Å². The molecule has 2 aromatic heterocycles. The molecule has 0 aliphatic carbocycles. The Balaban J connectivity index is 2.16. The number of aromatic nitrogens is 3. The SMILES string of the molecule is COCC(NC(=O)c1cc(-c2ccccc2C)nc2c1cnn2C(C)C)C(=O)O. The Labute approximate surface area is 168 Å². The molecule has 0 aliphatic rings. The molecule has 0 saturated carbocycles. The number of carbonyl (C=O) groups excluding carboxylic acids is 1. The first-order valence-electron chi connectivity index (χ1n) is 9.30. The Hall–Kier alpha value is -3.26. The van der Waals surface area contributed by atoms with Crippen molar-refractivity contribution in [2.45, 2.75) is 32.9 Å². The number of hydrogen-bond donors (Lipinski definition) is 2. The van der Waals surface area contributed by atoms with E-state index in [4.69, 9.17) is 9.72 Å². The van der Waals surface area contributed by atoms with Crippen LogP contribution in [0.15, 0.2) is 36.5 Å². The van der Waals surface area contributed by atoms with Crippen LogP contribution in [0.4, 0.5) is 0 Å². The van der Waals surface area contributed by atoms with Gasteiger partial charge in [0, 0.05) is 18.7 Å². The zero-order valence-electron chi connectivity index (χ0n) is 16.8. The molecular formula is C21H24N4O4. The third-order valence-corrected chi connectivity index (χ3v) is 4.66. The van der Waals surface area contributed by atoms with E-state index in [0.29, 0.717) is 22.3 Å². The standard InChI is InChI=1S/C21H24N4O4/c1-12(2)25-19-16(10-22-25)15(20(26)24-18(11-29-4)21(27)28)9-17(23-19)14-8-6-5-7-13(14)3/h5-10,12,18H,11H2,1-4H3,(H,24,26)(H,27,28). The first-order chi connectivity index (χ1) is 13.8. The average molecular weight is 396 g/mol. The van der Waals surface area contributed by atoms with Crippen molar-refractivity contribution in [1.29, 1.82) is 0 Å². The summed E-state index contributed by atoms with van der Waals surface area (Å²) in [4.78, 5) is 29.2. The van der Waals surface area contributed by atoms with E-state index in [1.807, 2.05) is 45.0 Å². The van der Waals surface area contributed by atoms with Crippen molar-refractivity contribution in [3.05, 3.63) is 47.7 Å². The van der Waals surface area contributed by atoms with Crippen molar-refractivity contribution < 1.29 is 19.4 Å². The van der Waals surface area contributed by atoms with Crippen molar-refractivity contribution in [1.82, 2.24) is 20.1 Å². The minimum Gasteiger partial charge on any atom is -0.480 e. The van der Waals surface area contributed by atoms with Crippen molar-refractivity contribution in [3.63, 3.8) is 0 Å². The molecule has 29 heavy (non-hydrogen) atoms. The largest absolute Gasteiger partial charge is 0.480 e. The number of ether oxygens (including phenoxy) is 1. The summed E-state index contributed by atoms with van der Waals surface area (Å²) < 4.78 is 6.66. The molecule has 0 bridgehead atoms. The van der Waals surface area contributed by atoms with E-state index in [2.05, 4.69) is 10.4 Å². The molecule has 0 fully saturated rings. The summed E-state index contributed by atoms with van der Waals surface area (Å²) in [5.74, 6) is -1.68. The number of hydrogen-bond acceptors (Lipinski definition) is 5. The number of fused-ring (bicyclic) bond motifs is 1. The fraction of sp³-hybridized carbons (Fsp3) is 0.333. The molecule has 152 valence electrons. The van der Waals surface area contributed by atoms with E-state index in [1.165, 1.54) is 7.11 Å². The smallest absolute Gasteiger partial charge is 0.328 e. The summed E-state index contributed by atoms with van der Waals surface area (Å²) in [6.07, 6.45) is 1.59. The van der Waals surface area contributed by atoms with Gasteiger partial charge in [-0.25, -0.2) is 14.5 Å². The van der Waals surface area contributed by atoms with Gasteiger partial charge in [0.1, 0.15) is 0 Å². The van der Waals surface area contributed by atoms with Gasteiger partial charge in [0.25, 0.3) is 5.91 Å². The van der Waals surface area contributed by atoms with Gasteiger partial charge in [0.2, 0.25) is 0 Å². The summed E-state index contributed by atoms with van der Waals surface area (Å²) in [6.45, 7) is 5.80. The molecule has 2 N–H and O–H groups in total. The molecule has 1 unspecified atom stereocenters. The van der Waals surface area contributed by atoms with E-state index in [1.54, 1.807) is 16.9 Å². The molecule has 8 nitrogen and oxygen atoms in total. The maximum absolute atomic E-state index is 13.0. The third kappa shape index (κ3) is 4.12. The van der Waals surface area contributed by atoms with Crippen LogP contribution in [0.25, 0.3) is 22.3 Å². The highest BCUT2D eigenvalue weighted by Gasteiger charge is 2.24. The number of carboxylic acids is 1. The van der Waals surface area contributed by atoms with Crippen LogP contribution in [-0.2, 0) is 9.53 Å². The van der Waals surface area contributed by atoms with Gasteiger partial charge in [0.05, 0.1) is 29.4 Å². The van der Waals surface area contributed by atoms with Crippen LogP contribution in [0.5, 0.6) is 0 Å². The minimum atomic E-state index is -1.16. The summed E-state index contributed by atoms with van der Waals surface area (Å²) in [5.41, 5.74) is 3.43. The monoisotopic (exact) mass is 396 g/mol. The highest BCUT2D eigenvalue weighted by atomic mass is 16.5. The van der Waals surface area contributed by atoms with Gasteiger partial charge in [-0.1, -0.05) is 24.3 Å². The molecule has 3 aromatic rings.